The highest BCUT2D eigenvalue weighted by atomic mass is 16.5. The minimum atomic E-state index is -0.241. The number of methoxy groups -OCH3 is 3. The third-order valence-electron chi connectivity index (χ3n) is 2.73. The molecule has 0 heterocycles. The molecule has 0 saturated heterocycles. The van der Waals surface area contributed by atoms with Crippen molar-refractivity contribution in [2.75, 3.05) is 27.9 Å². The first-order valence-corrected chi connectivity index (χ1v) is 6.23. The first-order chi connectivity index (χ1) is 9.08. The second kappa shape index (κ2) is 7.21. The molecule has 1 rings (SSSR count). The van der Waals surface area contributed by atoms with Crippen molar-refractivity contribution >= 4 is 0 Å². The zero-order valence-corrected chi connectivity index (χ0v) is 12.2. The molecule has 0 bridgehead atoms. The molecule has 19 heavy (non-hydrogen) atoms. The van der Waals surface area contributed by atoms with Crippen molar-refractivity contribution in [1.82, 2.24) is 0 Å². The van der Waals surface area contributed by atoms with Crippen LogP contribution in [0.3, 0.4) is 0 Å². The Kier molecular flexibility index (Phi) is 5.92. The van der Waals surface area contributed by atoms with Gasteiger partial charge in [-0.25, -0.2) is 0 Å². The van der Waals surface area contributed by atoms with E-state index in [0.717, 1.165) is 5.56 Å². The Labute approximate surface area is 114 Å². The maximum absolute atomic E-state index is 5.80. The Hall–Kier alpha value is -1.46. The Morgan fingerprint density at radius 1 is 1.00 bits per heavy atom. The van der Waals surface area contributed by atoms with E-state index in [1.807, 2.05) is 26.0 Å². The largest absolute Gasteiger partial charge is 0.493 e. The van der Waals surface area contributed by atoms with Gasteiger partial charge in [0.15, 0.2) is 11.5 Å². The first kappa shape index (κ1) is 15.6. The van der Waals surface area contributed by atoms with E-state index in [4.69, 9.17) is 24.7 Å². The van der Waals surface area contributed by atoms with Crippen molar-refractivity contribution in [3.05, 3.63) is 17.7 Å². The summed E-state index contributed by atoms with van der Waals surface area (Å²) in [7, 11) is 4.75. The lowest BCUT2D eigenvalue weighted by Gasteiger charge is -2.23. The number of benzene rings is 1. The summed E-state index contributed by atoms with van der Waals surface area (Å²) in [5.74, 6) is 1.76. The van der Waals surface area contributed by atoms with Crippen LogP contribution in [0, 0.1) is 0 Å². The van der Waals surface area contributed by atoms with Crippen molar-refractivity contribution in [2.24, 2.45) is 5.73 Å². The number of rotatable bonds is 7. The number of hydrogen-bond acceptors (Lipinski definition) is 5. The van der Waals surface area contributed by atoms with Crippen LogP contribution in [0.5, 0.6) is 17.2 Å². The molecule has 0 saturated carbocycles. The summed E-state index contributed by atoms with van der Waals surface area (Å²) < 4.78 is 21.8. The monoisotopic (exact) mass is 269 g/mol. The molecule has 0 amide bonds. The summed E-state index contributed by atoms with van der Waals surface area (Å²) in [6.45, 7) is 4.30. The minimum absolute atomic E-state index is 0.0753. The fourth-order valence-electron chi connectivity index (χ4n) is 1.96. The first-order valence-electron chi connectivity index (χ1n) is 6.23. The van der Waals surface area contributed by atoms with E-state index in [0.29, 0.717) is 23.8 Å². The molecule has 0 fully saturated rings. The maximum Gasteiger partial charge on any atom is 0.203 e. The smallest absolute Gasteiger partial charge is 0.203 e. The van der Waals surface area contributed by atoms with Gasteiger partial charge >= 0.3 is 0 Å². The molecule has 5 heteroatoms. The Balaban J connectivity index is 3.26. The van der Waals surface area contributed by atoms with Gasteiger partial charge in [-0.3, -0.25) is 0 Å². The van der Waals surface area contributed by atoms with Crippen LogP contribution in [0.4, 0.5) is 0 Å². The van der Waals surface area contributed by atoms with E-state index < -0.39 is 0 Å². The summed E-state index contributed by atoms with van der Waals surface area (Å²) in [5, 5.41) is 0. The zero-order chi connectivity index (χ0) is 14.4. The fourth-order valence-corrected chi connectivity index (χ4v) is 1.96. The van der Waals surface area contributed by atoms with Gasteiger partial charge < -0.3 is 24.7 Å². The SMILES string of the molecule is COc1ccc(C(CN)OC(C)C)c(OC)c1OC. The van der Waals surface area contributed by atoms with Crippen molar-refractivity contribution in [3.63, 3.8) is 0 Å². The summed E-state index contributed by atoms with van der Waals surface area (Å²) in [4.78, 5) is 0. The topological polar surface area (TPSA) is 62.9 Å². The van der Waals surface area contributed by atoms with E-state index >= 15 is 0 Å². The average molecular weight is 269 g/mol. The number of ether oxygens (including phenoxy) is 4. The summed E-state index contributed by atoms with van der Waals surface area (Å²) >= 11 is 0. The van der Waals surface area contributed by atoms with Crippen molar-refractivity contribution in [3.8, 4) is 17.2 Å². The number of hydrogen-bond donors (Lipinski definition) is 1. The second-order valence-electron chi connectivity index (χ2n) is 4.33. The summed E-state index contributed by atoms with van der Waals surface area (Å²) in [6.07, 6.45) is -0.166. The molecule has 0 aliphatic carbocycles. The lowest BCUT2D eigenvalue weighted by Crippen LogP contribution is -2.20. The molecule has 108 valence electrons. The standard InChI is InChI=1S/C14H23NO4/c1-9(2)19-12(8-15)10-6-7-11(16-3)14(18-5)13(10)17-4/h6-7,9,12H,8,15H2,1-5H3. The molecule has 5 nitrogen and oxygen atoms in total. The Morgan fingerprint density at radius 3 is 2.05 bits per heavy atom. The van der Waals surface area contributed by atoms with Crippen LogP contribution in [0.25, 0.3) is 0 Å². The molecule has 0 aliphatic heterocycles. The molecule has 0 aromatic heterocycles. The maximum atomic E-state index is 5.80. The van der Waals surface area contributed by atoms with Crippen LogP contribution in [0.2, 0.25) is 0 Å². The highest BCUT2D eigenvalue weighted by Gasteiger charge is 2.22. The average Bonchev–Trinajstić information content (AvgIpc) is 2.42. The van der Waals surface area contributed by atoms with Crippen molar-refractivity contribution in [1.29, 1.82) is 0 Å². The molecule has 1 atom stereocenters. The molecular formula is C14H23NO4. The van der Waals surface area contributed by atoms with Gasteiger partial charge in [-0.15, -0.1) is 0 Å². The van der Waals surface area contributed by atoms with Crippen LogP contribution in [-0.2, 0) is 4.74 Å². The minimum Gasteiger partial charge on any atom is -0.493 e. The molecule has 1 unspecified atom stereocenters. The van der Waals surface area contributed by atoms with Crippen LogP contribution in [-0.4, -0.2) is 34.0 Å². The fraction of sp³-hybridized carbons (Fsp3) is 0.571. The highest BCUT2D eigenvalue weighted by molar-refractivity contribution is 5.56. The van der Waals surface area contributed by atoms with Crippen LogP contribution in [0.15, 0.2) is 12.1 Å². The van der Waals surface area contributed by atoms with Gasteiger partial charge in [0, 0.05) is 12.1 Å². The molecule has 1 aromatic rings. The van der Waals surface area contributed by atoms with Gasteiger partial charge in [-0.05, 0) is 26.0 Å². The van der Waals surface area contributed by atoms with Crippen LogP contribution in [0.1, 0.15) is 25.5 Å². The Bertz CT molecular complexity index is 407. The van der Waals surface area contributed by atoms with E-state index in [-0.39, 0.29) is 12.2 Å². The molecule has 0 aliphatic rings. The Morgan fingerprint density at radius 2 is 1.63 bits per heavy atom. The predicted octanol–water partition coefficient (Wildman–Crippen LogP) is 2.14. The van der Waals surface area contributed by atoms with Crippen molar-refractivity contribution < 1.29 is 18.9 Å². The third-order valence-corrected chi connectivity index (χ3v) is 2.73. The molecule has 0 spiro atoms. The van der Waals surface area contributed by atoms with E-state index in [1.54, 1.807) is 21.3 Å². The highest BCUT2D eigenvalue weighted by Crippen LogP contribution is 2.42. The molecular weight excluding hydrogens is 246 g/mol. The lowest BCUT2D eigenvalue weighted by molar-refractivity contribution is 0.0105. The van der Waals surface area contributed by atoms with Gasteiger partial charge in [0.1, 0.15) is 0 Å². The normalized spacial score (nSPS) is 12.4. The van der Waals surface area contributed by atoms with Gasteiger partial charge in [0.2, 0.25) is 5.75 Å². The van der Waals surface area contributed by atoms with E-state index in [1.165, 1.54) is 0 Å². The second-order valence-corrected chi connectivity index (χ2v) is 4.33. The van der Waals surface area contributed by atoms with Gasteiger partial charge in [0.05, 0.1) is 33.5 Å². The zero-order valence-electron chi connectivity index (χ0n) is 12.2. The van der Waals surface area contributed by atoms with E-state index in [2.05, 4.69) is 0 Å². The van der Waals surface area contributed by atoms with Crippen LogP contribution < -0.4 is 19.9 Å². The van der Waals surface area contributed by atoms with Crippen LogP contribution >= 0.6 is 0 Å². The molecule has 2 N–H and O–H groups in total. The third kappa shape index (κ3) is 3.52. The van der Waals surface area contributed by atoms with Gasteiger partial charge in [-0.2, -0.15) is 0 Å². The predicted molar refractivity (Wildman–Crippen MR) is 74.1 cm³/mol. The quantitative estimate of drug-likeness (QED) is 0.821. The molecule has 1 aromatic carbocycles. The molecule has 0 radical (unpaired) electrons. The van der Waals surface area contributed by atoms with Gasteiger partial charge in [0.25, 0.3) is 0 Å². The lowest BCUT2D eigenvalue weighted by atomic mass is 10.1. The van der Waals surface area contributed by atoms with Gasteiger partial charge in [-0.1, -0.05) is 0 Å². The van der Waals surface area contributed by atoms with E-state index in [9.17, 15) is 0 Å². The number of nitrogens with two attached hydrogens (primary N) is 1. The summed E-state index contributed by atoms with van der Waals surface area (Å²) in [6, 6.07) is 3.71. The summed E-state index contributed by atoms with van der Waals surface area (Å²) in [5.41, 5.74) is 6.64. The van der Waals surface area contributed by atoms with Crippen molar-refractivity contribution in [2.45, 2.75) is 26.1 Å².